The molecule has 4 rings (SSSR count). The van der Waals surface area contributed by atoms with Crippen molar-refractivity contribution < 1.29 is 33.0 Å². The number of rotatable bonds is 6. The first-order valence-electron chi connectivity index (χ1n) is 10.5. The molecule has 3 atom stereocenters. The van der Waals surface area contributed by atoms with Crippen molar-refractivity contribution in [2.45, 2.75) is 31.6 Å². The van der Waals surface area contributed by atoms with Crippen molar-refractivity contribution in [2.24, 2.45) is 5.92 Å². The predicted molar refractivity (Wildman–Crippen MR) is 113 cm³/mol. The largest absolute Gasteiger partial charge is 0.493 e. The number of benzene rings is 1. The summed E-state index contributed by atoms with van der Waals surface area (Å²) in [6, 6.07) is 8.74. The van der Waals surface area contributed by atoms with Gasteiger partial charge in [0.05, 0.1) is 27.1 Å². The highest BCUT2D eigenvalue weighted by atomic mass is 16.5. The molecule has 2 heterocycles. The van der Waals surface area contributed by atoms with Crippen LogP contribution in [0.25, 0.3) is 0 Å². The van der Waals surface area contributed by atoms with Gasteiger partial charge in [-0.2, -0.15) is 0 Å². The molecule has 1 aliphatic heterocycles. The summed E-state index contributed by atoms with van der Waals surface area (Å²) in [4.78, 5) is 39.2. The number of Topliss-reactive ketones (excluding diaryl/α,β-unsaturated/α-hetero) is 1. The molecule has 0 saturated heterocycles. The van der Waals surface area contributed by atoms with E-state index in [9.17, 15) is 14.4 Å². The van der Waals surface area contributed by atoms with Gasteiger partial charge in [0, 0.05) is 29.5 Å². The van der Waals surface area contributed by atoms with Gasteiger partial charge >= 0.3 is 5.97 Å². The van der Waals surface area contributed by atoms with Crippen molar-refractivity contribution >= 4 is 17.7 Å². The highest BCUT2D eigenvalue weighted by Gasteiger charge is 2.48. The van der Waals surface area contributed by atoms with Crippen molar-refractivity contribution in [3.63, 3.8) is 0 Å². The van der Waals surface area contributed by atoms with Crippen LogP contribution in [0.2, 0.25) is 0 Å². The lowest BCUT2D eigenvalue weighted by molar-refractivity contribution is -0.152. The van der Waals surface area contributed by atoms with Gasteiger partial charge in [0.1, 0.15) is 11.7 Å². The number of furan rings is 1. The summed E-state index contributed by atoms with van der Waals surface area (Å²) >= 11 is 0. The molecule has 168 valence electrons. The van der Waals surface area contributed by atoms with Crippen molar-refractivity contribution in [2.75, 3.05) is 20.8 Å². The van der Waals surface area contributed by atoms with Crippen molar-refractivity contribution in [1.82, 2.24) is 5.32 Å². The summed E-state index contributed by atoms with van der Waals surface area (Å²) in [6.45, 7) is 1.86. The van der Waals surface area contributed by atoms with E-state index in [4.69, 9.17) is 18.6 Å². The molecule has 32 heavy (non-hydrogen) atoms. The Bertz CT molecular complexity index is 1070. The fourth-order valence-electron chi connectivity index (χ4n) is 4.58. The van der Waals surface area contributed by atoms with E-state index in [0.29, 0.717) is 28.5 Å². The van der Waals surface area contributed by atoms with E-state index >= 15 is 0 Å². The number of carbonyl (C=O) groups excluding carboxylic acids is 3. The van der Waals surface area contributed by atoms with E-state index in [1.165, 1.54) is 20.5 Å². The molecule has 0 fully saturated rings. The zero-order chi connectivity index (χ0) is 22.8. The summed E-state index contributed by atoms with van der Waals surface area (Å²) < 4.78 is 21.5. The van der Waals surface area contributed by atoms with Crippen LogP contribution in [0, 0.1) is 5.92 Å². The molecule has 0 bridgehead atoms. The maximum absolute atomic E-state index is 13.7. The molecule has 1 N–H and O–H groups in total. The molecule has 1 aliphatic carbocycles. The fourth-order valence-corrected chi connectivity index (χ4v) is 4.58. The molecular weight excluding hydrogens is 414 g/mol. The normalized spacial score (nSPS) is 22.8. The summed E-state index contributed by atoms with van der Waals surface area (Å²) in [7, 11) is 3.06. The Kier molecular flexibility index (Phi) is 6.03. The second kappa shape index (κ2) is 8.90. The number of amides is 1. The molecule has 2 aromatic rings. The number of hydrogen-bond donors (Lipinski definition) is 1. The molecule has 1 aromatic carbocycles. The van der Waals surface area contributed by atoms with E-state index in [0.717, 1.165) is 5.56 Å². The predicted octanol–water partition coefficient (Wildman–Crippen LogP) is 3.09. The minimum Gasteiger partial charge on any atom is -0.493 e. The van der Waals surface area contributed by atoms with E-state index < -0.39 is 23.7 Å². The minimum atomic E-state index is -1.04. The SMILES string of the molecule is CCOC(=O)[C@@H]1C(=O)C2=C(C[C@@H]1c1ccco1)NC(=O)C[C@H]2c1ccc(OC)c(OC)c1. The second-order valence-corrected chi connectivity index (χ2v) is 7.73. The minimum absolute atomic E-state index is 0.0843. The molecule has 0 saturated carbocycles. The van der Waals surface area contributed by atoms with Crippen LogP contribution in [0.15, 0.2) is 52.3 Å². The lowest BCUT2D eigenvalue weighted by Gasteiger charge is -2.37. The fraction of sp³-hybridized carbons (Fsp3) is 0.375. The van der Waals surface area contributed by atoms with Crippen LogP contribution in [0.4, 0.5) is 0 Å². The highest BCUT2D eigenvalue weighted by Crippen LogP contribution is 2.46. The number of methoxy groups -OCH3 is 2. The van der Waals surface area contributed by atoms with E-state index in [1.54, 1.807) is 37.3 Å². The van der Waals surface area contributed by atoms with Crippen molar-refractivity contribution in [3.05, 3.63) is 59.2 Å². The summed E-state index contributed by atoms with van der Waals surface area (Å²) in [5, 5.41) is 2.85. The zero-order valence-corrected chi connectivity index (χ0v) is 18.2. The van der Waals surface area contributed by atoms with Gasteiger partial charge in [-0.05, 0) is 43.2 Å². The third-order valence-corrected chi connectivity index (χ3v) is 5.99. The second-order valence-electron chi connectivity index (χ2n) is 7.73. The number of carbonyl (C=O) groups is 3. The van der Waals surface area contributed by atoms with Gasteiger partial charge < -0.3 is 23.9 Å². The van der Waals surface area contributed by atoms with E-state index in [1.807, 2.05) is 0 Å². The van der Waals surface area contributed by atoms with Gasteiger partial charge in [-0.1, -0.05) is 6.07 Å². The summed E-state index contributed by atoms with van der Waals surface area (Å²) in [6.07, 6.45) is 1.87. The zero-order valence-electron chi connectivity index (χ0n) is 18.2. The lowest BCUT2D eigenvalue weighted by atomic mass is 9.69. The number of ketones is 1. The van der Waals surface area contributed by atoms with Crippen LogP contribution in [0.5, 0.6) is 11.5 Å². The molecule has 2 aliphatic rings. The van der Waals surface area contributed by atoms with Gasteiger partial charge in [0.25, 0.3) is 0 Å². The maximum atomic E-state index is 13.7. The Balaban J connectivity index is 1.81. The monoisotopic (exact) mass is 439 g/mol. The quantitative estimate of drug-likeness (QED) is 0.545. The van der Waals surface area contributed by atoms with Gasteiger partial charge in [-0.15, -0.1) is 0 Å². The van der Waals surface area contributed by atoms with Gasteiger partial charge in [-0.3, -0.25) is 14.4 Å². The van der Waals surface area contributed by atoms with E-state index in [2.05, 4.69) is 5.32 Å². The highest BCUT2D eigenvalue weighted by molar-refractivity contribution is 6.12. The number of nitrogens with one attached hydrogen (secondary N) is 1. The van der Waals surface area contributed by atoms with Crippen LogP contribution < -0.4 is 14.8 Å². The van der Waals surface area contributed by atoms with Crippen molar-refractivity contribution in [3.8, 4) is 11.5 Å². The van der Waals surface area contributed by atoms with Crippen molar-refractivity contribution in [1.29, 1.82) is 0 Å². The average molecular weight is 439 g/mol. The van der Waals surface area contributed by atoms with Crippen LogP contribution >= 0.6 is 0 Å². The summed E-state index contributed by atoms with van der Waals surface area (Å²) in [5.74, 6) is -1.70. The van der Waals surface area contributed by atoms with Gasteiger partial charge in [-0.25, -0.2) is 0 Å². The number of ether oxygens (including phenoxy) is 3. The van der Waals surface area contributed by atoms with E-state index in [-0.39, 0.29) is 31.1 Å². The smallest absolute Gasteiger partial charge is 0.317 e. The lowest BCUT2D eigenvalue weighted by Crippen LogP contribution is -2.44. The summed E-state index contributed by atoms with van der Waals surface area (Å²) in [5.41, 5.74) is 1.68. The third kappa shape index (κ3) is 3.77. The first kappa shape index (κ1) is 21.7. The molecule has 0 radical (unpaired) electrons. The molecule has 1 amide bonds. The van der Waals surface area contributed by atoms with Crippen LogP contribution in [-0.2, 0) is 19.1 Å². The Morgan fingerprint density at radius 2 is 1.91 bits per heavy atom. The molecule has 8 heteroatoms. The maximum Gasteiger partial charge on any atom is 0.317 e. The van der Waals surface area contributed by atoms with Crippen LogP contribution in [-0.4, -0.2) is 38.5 Å². The topological polar surface area (TPSA) is 104 Å². The van der Waals surface area contributed by atoms with Crippen LogP contribution in [0.3, 0.4) is 0 Å². The number of esters is 1. The molecule has 1 aromatic heterocycles. The Labute approximate surface area is 185 Å². The number of hydrogen-bond acceptors (Lipinski definition) is 7. The van der Waals surface area contributed by atoms with Gasteiger partial charge in [0.15, 0.2) is 17.3 Å². The Morgan fingerprint density at radius 1 is 1.12 bits per heavy atom. The average Bonchev–Trinajstić information content (AvgIpc) is 3.32. The number of allylic oxidation sites excluding steroid dienone is 2. The first-order valence-corrected chi connectivity index (χ1v) is 10.5. The molecular formula is C24H25NO7. The first-order chi connectivity index (χ1) is 15.5. The third-order valence-electron chi connectivity index (χ3n) is 5.99. The molecule has 8 nitrogen and oxygen atoms in total. The Morgan fingerprint density at radius 3 is 2.56 bits per heavy atom. The van der Waals surface area contributed by atoms with Gasteiger partial charge in [0.2, 0.25) is 5.91 Å². The Hall–Kier alpha value is -3.55. The standard InChI is InChI=1S/C24H25NO7/c1-4-31-24(28)22-15(17-6-5-9-32-17)11-16-21(23(22)27)14(12-20(26)25-16)13-7-8-18(29-2)19(10-13)30-3/h5-10,14-15,22H,4,11-12H2,1-3H3,(H,25,26)/t14-,15+,22-/m0/s1. The van der Waals surface area contributed by atoms with Crippen LogP contribution in [0.1, 0.15) is 42.9 Å². The molecule has 0 unspecified atom stereocenters. The molecule has 0 spiro atoms.